The van der Waals surface area contributed by atoms with Gasteiger partial charge in [0.25, 0.3) is 0 Å². The molecule has 0 fully saturated rings. The Hall–Kier alpha value is -3.04. The zero-order chi connectivity index (χ0) is 16.4. The predicted octanol–water partition coefficient (Wildman–Crippen LogP) is 6.48. The molecule has 6 rings (SSSR count). The molecule has 0 radical (unpaired) electrons. The Morgan fingerprint density at radius 1 is 0.640 bits per heavy atom. The molecule has 0 aliphatic rings. The van der Waals surface area contributed by atoms with Gasteiger partial charge in [-0.25, -0.2) is 0 Å². The van der Waals surface area contributed by atoms with Crippen molar-refractivity contribution in [1.29, 1.82) is 0 Å². The van der Waals surface area contributed by atoms with Crippen molar-refractivity contribution in [2.75, 3.05) is 0 Å². The van der Waals surface area contributed by atoms with Crippen LogP contribution in [-0.4, -0.2) is 9.55 Å². The molecule has 118 valence electrons. The summed E-state index contributed by atoms with van der Waals surface area (Å²) < 4.78 is 2.38. The predicted molar refractivity (Wildman–Crippen MR) is 108 cm³/mol. The van der Waals surface area contributed by atoms with Crippen molar-refractivity contribution in [1.82, 2.24) is 9.55 Å². The van der Waals surface area contributed by atoms with Crippen LogP contribution in [0.3, 0.4) is 0 Å². The van der Waals surface area contributed by atoms with E-state index in [1.165, 1.54) is 49.3 Å². The molecule has 6 aromatic rings. The van der Waals surface area contributed by atoms with E-state index in [9.17, 15) is 0 Å². The second-order valence-electron chi connectivity index (χ2n) is 6.43. The highest BCUT2D eigenvalue weighted by Gasteiger charge is 2.15. The van der Waals surface area contributed by atoms with Gasteiger partial charge in [-0.3, -0.25) is 0 Å². The van der Waals surface area contributed by atoms with Crippen molar-refractivity contribution in [2.24, 2.45) is 0 Å². The molecule has 0 amide bonds. The Kier molecular flexibility index (Phi) is 2.52. The van der Waals surface area contributed by atoms with Crippen LogP contribution in [0.2, 0.25) is 0 Å². The first-order chi connectivity index (χ1) is 12.4. The van der Waals surface area contributed by atoms with E-state index in [4.69, 9.17) is 0 Å². The summed E-state index contributed by atoms with van der Waals surface area (Å²) >= 11 is 1.76. The molecule has 0 saturated heterocycles. The van der Waals surface area contributed by atoms with Crippen molar-refractivity contribution in [3.63, 3.8) is 0 Å². The lowest BCUT2D eigenvalue weighted by molar-refractivity contribution is 1.19. The fraction of sp³-hybridized carbons (Fsp3) is 0. The van der Waals surface area contributed by atoms with Crippen molar-refractivity contribution in [3.8, 4) is 5.69 Å². The largest absolute Gasteiger partial charge is 0.354 e. The van der Waals surface area contributed by atoms with Gasteiger partial charge in [-0.1, -0.05) is 36.4 Å². The lowest BCUT2D eigenvalue weighted by atomic mass is 10.1. The SMILES string of the molecule is c1ccc(-n2c3cscc3c3cc4[nH]c5ccccc5c4cc32)cc1. The van der Waals surface area contributed by atoms with Crippen molar-refractivity contribution in [3.05, 3.63) is 77.5 Å². The molecule has 3 aromatic carbocycles. The molecule has 0 saturated carbocycles. The summed E-state index contributed by atoms with van der Waals surface area (Å²) in [5.74, 6) is 0. The summed E-state index contributed by atoms with van der Waals surface area (Å²) in [7, 11) is 0. The van der Waals surface area contributed by atoms with E-state index in [0.29, 0.717) is 0 Å². The third kappa shape index (κ3) is 1.73. The maximum Gasteiger partial charge on any atom is 0.0648 e. The Balaban J connectivity index is 1.85. The van der Waals surface area contributed by atoms with Gasteiger partial charge in [0.15, 0.2) is 0 Å². The van der Waals surface area contributed by atoms with E-state index in [0.717, 1.165) is 0 Å². The van der Waals surface area contributed by atoms with E-state index in [-0.39, 0.29) is 0 Å². The number of hydrogen-bond donors (Lipinski definition) is 1. The first-order valence-corrected chi connectivity index (χ1v) is 9.31. The highest BCUT2D eigenvalue weighted by molar-refractivity contribution is 7.09. The average Bonchev–Trinajstić information content (AvgIpc) is 3.33. The van der Waals surface area contributed by atoms with Gasteiger partial charge in [-0.15, -0.1) is 11.3 Å². The van der Waals surface area contributed by atoms with Gasteiger partial charge in [0.2, 0.25) is 0 Å². The van der Waals surface area contributed by atoms with Crippen LogP contribution in [0.4, 0.5) is 0 Å². The molecule has 0 bridgehead atoms. The zero-order valence-corrected chi connectivity index (χ0v) is 14.2. The minimum absolute atomic E-state index is 1.19. The number of para-hydroxylation sites is 2. The highest BCUT2D eigenvalue weighted by Crippen LogP contribution is 2.38. The quantitative estimate of drug-likeness (QED) is 0.354. The Bertz CT molecular complexity index is 1380. The summed E-state index contributed by atoms with van der Waals surface area (Å²) in [6, 6.07) is 23.8. The van der Waals surface area contributed by atoms with E-state index in [1.54, 1.807) is 11.3 Å². The minimum Gasteiger partial charge on any atom is -0.354 e. The fourth-order valence-electron chi connectivity index (χ4n) is 3.94. The summed E-state index contributed by atoms with van der Waals surface area (Å²) in [4.78, 5) is 3.57. The van der Waals surface area contributed by atoms with Crippen LogP contribution >= 0.6 is 11.3 Å². The maximum atomic E-state index is 3.57. The monoisotopic (exact) mass is 338 g/mol. The number of rotatable bonds is 1. The van der Waals surface area contributed by atoms with Crippen molar-refractivity contribution < 1.29 is 0 Å². The van der Waals surface area contributed by atoms with Crippen LogP contribution in [0, 0.1) is 0 Å². The fourth-order valence-corrected chi connectivity index (χ4v) is 4.75. The van der Waals surface area contributed by atoms with Crippen LogP contribution in [0.5, 0.6) is 0 Å². The van der Waals surface area contributed by atoms with Crippen LogP contribution in [0.1, 0.15) is 0 Å². The molecule has 1 N–H and O–H groups in total. The van der Waals surface area contributed by atoms with E-state index in [2.05, 4.69) is 87.0 Å². The van der Waals surface area contributed by atoms with Gasteiger partial charge in [0, 0.05) is 49.0 Å². The summed E-state index contributed by atoms with van der Waals surface area (Å²) in [5.41, 5.74) is 6.15. The normalized spacial score (nSPS) is 12.0. The second-order valence-corrected chi connectivity index (χ2v) is 7.17. The van der Waals surface area contributed by atoms with Gasteiger partial charge in [-0.2, -0.15) is 0 Å². The first-order valence-electron chi connectivity index (χ1n) is 8.36. The average molecular weight is 338 g/mol. The Morgan fingerprint density at radius 3 is 2.40 bits per heavy atom. The van der Waals surface area contributed by atoms with Crippen LogP contribution in [-0.2, 0) is 0 Å². The topological polar surface area (TPSA) is 20.7 Å². The number of fused-ring (bicyclic) bond motifs is 6. The molecular formula is C22H14N2S. The third-order valence-electron chi connectivity index (χ3n) is 5.05. The number of thiophene rings is 1. The van der Waals surface area contributed by atoms with Gasteiger partial charge < -0.3 is 9.55 Å². The van der Waals surface area contributed by atoms with E-state index in [1.807, 2.05) is 0 Å². The van der Waals surface area contributed by atoms with Crippen molar-refractivity contribution >= 4 is 54.9 Å². The zero-order valence-electron chi connectivity index (χ0n) is 13.4. The number of hydrogen-bond acceptors (Lipinski definition) is 1. The molecule has 0 aliphatic carbocycles. The maximum absolute atomic E-state index is 3.57. The van der Waals surface area contributed by atoms with Gasteiger partial charge in [0.1, 0.15) is 0 Å². The molecule has 2 nitrogen and oxygen atoms in total. The van der Waals surface area contributed by atoms with E-state index < -0.39 is 0 Å². The molecule has 0 atom stereocenters. The molecule has 3 aromatic heterocycles. The van der Waals surface area contributed by atoms with Crippen LogP contribution in [0.15, 0.2) is 77.5 Å². The van der Waals surface area contributed by atoms with Crippen LogP contribution in [0.25, 0.3) is 49.3 Å². The standard InChI is InChI=1S/C22H14N2S/c1-2-6-14(7-3-1)24-21-11-16-15-8-4-5-9-19(15)23-20(16)10-17(21)18-12-25-13-22(18)24/h1-13,23H. The molecule has 3 heteroatoms. The van der Waals surface area contributed by atoms with Crippen molar-refractivity contribution in [2.45, 2.75) is 0 Å². The highest BCUT2D eigenvalue weighted by atomic mass is 32.1. The number of aromatic amines is 1. The molecule has 25 heavy (non-hydrogen) atoms. The van der Waals surface area contributed by atoms with Gasteiger partial charge >= 0.3 is 0 Å². The molecule has 0 aliphatic heterocycles. The molecular weight excluding hydrogens is 324 g/mol. The van der Waals surface area contributed by atoms with Gasteiger partial charge in [0.05, 0.1) is 11.0 Å². The summed E-state index contributed by atoms with van der Waals surface area (Å²) in [6.45, 7) is 0. The molecule has 0 unspecified atom stereocenters. The molecule has 3 heterocycles. The number of nitrogens with zero attached hydrogens (tertiary/aromatic N) is 1. The minimum atomic E-state index is 1.19. The molecule has 0 spiro atoms. The number of benzene rings is 3. The lowest BCUT2D eigenvalue weighted by Gasteiger charge is -2.06. The Morgan fingerprint density at radius 2 is 1.48 bits per heavy atom. The lowest BCUT2D eigenvalue weighted by Crippen LogP contribution is -1.92. The van der Waals surface area contributed by atoms with Crippen LogP contribution < -0.4 is 0 Å². The first kappa shape index (κ1) is 13.3. The number of aromatic nitrogens is 2. The summed E-state index contributed by atoms with van der Waals surface area (Å²) in [6.07, 6.45) is 0. The Labute approximate surface area is 147 Å². The van der Waals surface area contributed by atoms with E-state index >= 15 is 0 Å². The smallest absolute Gasteiger partial charge is 0.0648 e. The third-order valence-corrected chi connectivity index (χ3v) is 5.78. The number of nitrogens with one attached hydrogen (secondary N) is 1. The number of H-pyrrole nitrogens is 1. The summed E-state index contributed by atoms with van der Waals surface area (Å²) in [5, 5.41) is 9.69. The second kappa shape index (κ2) is 4.74. The van der Waals surface area contributed by atoms with Gasteiger partial charge in [-0.05, 0) is 30.3 Å².